The monoisotopic (exact) mass is 208 g/mol. The third-order valence-corrected chi connectivity index (χ3v) is 1.52. The van der Waals surface area contributed by atoms with Crippen molar-refractivity contribution in [1.82, 2.24) is 4.98 Å². The van der Waals surface area contributed by atoms with Crippen LogP contribution in [0.1, 0.15) is 0 Å². The maximum atomic E-state index is 5.41. The van der Waals surface area contributed by atoms with Crippen LogP contribution < -0.4 is 5.73 Å². The zero-order valence-electron chi connectivity index (χ0n) is 4.54. The van der Waals surface area contributed by atoms with Crippen LogP contribution in [0.4, 0.5) is 5.69 Å². The number of nitrogens with zero attached hydrogens (tertiary/aromatic N) is 1. The van der Waals surface area contributed by atoms with Gasteiger partial charge in [0.1, 0.15) is 0 Å². The van der Waals surface area contributed by atoms with E-state index in [2.05, 4.69) is 20.9 Å². The fourth-order valence-electron chi connectivity index (χ4n) is 0.390. The third-order valence-electron chi connectivity index (χ3n) is 0.796. The lowest BCUT2D eigenvalue weighted by Gasteiger charge is -1.91. The first-order valence-corrected chi connectivity index (χ1v) is 2.95. The molecular formula is C5H6BrClN2. The van der Waals surface area contributed by atoms with Crippen LogP contribution in [0.2, 0.25) is 0 Å². The van der Waals surface area contributed by atoms with Crippen molar-refractivity contribution in [1.29, 1.82) is 0 Å². The van der Waals surface area contributed by atoms with Gasteiger partial charge in [-0.25, -0.2) is 0 Å². The second kappa shape index (κ2) is 3.69. The maximum absolute atomic E-state index is 5.41. The summed E-state index contributed by atoms with van der Waals surface area (Å²) in [5.74, 6) is 0. The molecule has 0 aliphatic heterocycles. The molecule has 0 saturated carbocycles. The van der Waals surface area contributed by atoms with E-state index >= 15 is 0 Å². The molecule has 0 aromatic carbocycles. The summed E-state index contributed by atoms with van der Waals surface area (Å²) in [6.07, 6.45) is 3.28. The Bertz CT molecular complexity index is 171. The van der Waals surface area contributed by atoms with Gasteiger partial charge < -0.3 is 5.73 Å². The molecule has 1 heterocycles. The van der Waals surface area contributed by atoms with Crippen molar-refractivity contribution in [2.45, 2.75) is 0 Å². The lowest BCUT2D eigenvalue weighted by atomic mass is 10.4. The normalized spacial score (nSPS) is 8.11. The van der Waals surface area contributed by atoms with E-state index in [-0.39, 0.29) is 12.4 Å². The molecule has 0 radical (unpaired) electrons. The van der Waals surface area contributed by atoms with E-state index in [0.29, 0.717) is 5.69 Å². The quantitative estimate of drug-likeness (QED) is 0.708. The number of hydrogen-bond donors (Lipinski definition) is 1. The highest BCUT2D eigenvalue weighted by Crippen LogP contribution is 2.14. The molecule has 1 aromatic heterocycles. The Labute approximate surface area is 68.0 Å². The number of anilines is 1. The molecule has 2 nitrogen and oxygen atoms in total. The van der Waals surface area contributed by atoms with E-state index in [1.807, 2.05) is 0 Å². The molecule has 0 saturated heterocycles. The molecule has 0 spiro atoms. The Morgan fingerprint density at radius 2 is 2.22 bits per heavy atom. The average Bonchev–Trinajstić information content (AvgIpc) is 1.77. The van der Waals surface area contributed by atoms with Crippen LogP contribution in [0.25, 0.3) is 0 Å². The maximum Gasteiger partial charge on any atom is 0.0644 e. The van der Waals surface area contributed by atoms with E-state index in [1.165, 1.54) is 0 Å². The Balaban J connectivity index is 0.000000640. The lowest BCUT2D eigenvalue weighted by molar-refractivity contribution is 1.32. The standard InChI is InChI=1S/C5H5BrN2.ClH/c6-4-1-2-8-3-5(4)7;/h1-3H,7H2;1H. The number of pyridine rings is 1. The summed E-state index contributed by atoms with van der Waals surface area (Å²) in [6, 6.07) is 1.80. The largest absolute Gasteiger partial charge is 0.397 e. The minimum Gasteiger partial charge on any atom is -0.397 e. The fraction of sp³-hybridized carbons (Fsp3) is 0. The molecule has 9 heavy (non-hydrogen) atoms. The van der Waals surface area contributed by atoms with E-state index < -0.39 is 0 Å². The first-order chi connectivity index (χ1) is 3.80. The van der Waals surface area contributed by atoms with E-state index in [0.717, 1.165) is 4.47 Å². The minimum atomic E-state index is 0. The van der Waals surface area contributed by atoms with Gasteiger partial charge in [-0.15, -0.1) is 12.4 Å². The molecule has 0 fully saturated rings. The second-order valence-corrected chi connectivity index (χ2v) is 2.25. The van der Waals surface area contributed by atoms with Gasteiger partial charge >= 0.3 is 0 Å². The van der Waals surface area contributed by atoms with Crippen molar-refractivity contribution >= 4 is 34.0 Å². The zero-order valence-corrected chi connectivity index (χ0v) is 6.95. The number of nitrogen functional groups attached to an aromatic ring is 1. The molecule has 50 valence electrons. The first kappa shape index (κ1) is 8.72. The van der Waals surface area contributed by atoms with E-state index in [1.54, 1.807) is 18.5 Å². The molecule has 0 unspecified atom stereocenters. The van der Waals surface area contributed by atoms with Crippen LogP contribution in [-0.4, -0.2) is 4.98 Å². The molecule has 0 amide bonds. The highest BCUT2D eigenvalue weighted by molar-refractivity contribution is 9.10. The van der Waals surface area contributed by atoms with Crippen molar-refractivity contribution in [3.05, 3.63) is 22.9 Å². The fourth-order valence-corrected chi connectivity index (χ4v) is 0.610. The molecular weight excluding hydrogens is 203 g/mol. The molecule has 0 bridgehead atoms. The predicted molar refractivity (Wildman–Crippen MR) is 43.6 cm³/mol. The Hall–Kier alpha value is -0.280. The van der Waals surface area contributed by atoms with Gasteiger partial charge in [0.2, 0.25) is 0 Å². The lowest BCUT2D eigenvalue weighted by Crippen LogP contribution is -1.85. The van der Waals surface area contributed by atoms with Gasteiger partial charge in [0, 0.05) is 10.7 Å². The van der Waals surface area contributed by atoms with Crippen LogP contribution in [0.15, 0.2) is 22.9 Å². The number of hydrogen-bond acceptors (Lipinski definition) is 2. The summed E-state index contributed by atoms with van der Waals surface area (Å²) < 4.78 is 0.896. The van der Waals surface area contributed by atoms with Crippen molar-refractivity contribution in [3.8, 4) is 0 Å². The Kier molecular flexibility index (Phi) is 3.58. The van der Waals surface area contributed by atoms with Gasteiger partial charge in [-0.3, -0.25) is 4.98 Å². The topological polar surface area (TPSA) is 38.9 Å². The summed E-state index contributed by atoms with van der Waals surface area (Å²) >= 11 is 3.23. The van der Waals surface area contributed by atoms with E-state index in [9.17, 15) is 0 Å². The van der Waals surface area contributed by atoms with Crippen molar-refractivity contribution in [2.24, 2.45) is 0 Å². The van der Waals surface area contributed by atoms with Crippen LogP contribution in [0, 0.1) is 0 Å². The molecule has 0 atom stereocenters. The van der Waals surface area contributed by atoms with E-state index in [4.69, 9.17) is 5.73 Å². The second-order valence-electron chi connectivity index (χ2n) is 1.40. The molecule has 2 N–H and O–H groups in total. The summed E-state index contributed by atoms with van der Waals surface area (Å²) in [5, 5.41) is 0. The highest BCUT2D eigenvalue weighted by Gasteiger charge is 1.87. The molecule has 0 aliphatic rings. The van der Waals surface area contributed by atoms with Crippen LogP contribution >= 0.6 is 28.3 Å². The van der Waals surface area contributed by atoms with Gasteiger partial charge in [-0.05, 0) is 22.0 Å². The SMILES string of the molecule is Cl.Nc1cnccc1Br. The zero-order chi connectivity index (χ0) is 5.98. The van der Waals surface area contributed by atoms with Gasteiger partial charge in [0.05, 0.1) is 11.9 Å². The van der Waals surface area contributed by atoms with Gasteiger partial charge in [-0.2, -0.15) is 0 Å². The minimum absolute atomic E-state index is 0. The Morgan fingerprint density at radius 3 is 2.56 bits per heavy atom. The molecule has 0 aliphatic carbocycles. The number of aromatic nitrogens is 1. The summed E-state index contributed by atoms with van der Waals surface area (Å²) in [4.78, 5) is 3.79. The van der Waals surface area contributed by atoms with Crippen LogP contribution in [0.3, 0.4) is 0 Å². The van der Waals surface area contributed by atoms with Crippen LogP contribution in [-0.2, 0) is 0 Å². The van der Waals surface area contributed by atoms with Gasteiger partial charge in [-0.1, -0.05) is 0 Å². The molecule has 1 aromatic rings. The van der Waals surface area contributed by atoms with Crippen molar-refractivity contribution in [2.75, 3.05) is 5.73 Å². The number of rotatable bonds is 0. The Morgan fingerprint density at radius 1 is 1.56 bits per heavy atom. The summed E-state index contributed by atoms with van der Waals surface area (Å²) in [6.45, 7) is 0. The predicted octanol–water partition coefficient (Wildman–Crippen LogP) is 1.85. The summed E-state index contributed by atoms with van der Waals surface area (Å²) in [7, 11) is 0. The summed E-state index contributed by atoms with van der Waals surface area (Å²) in [5.41, 5.74) is 6.08. The van der Waals surface area contributed by atoms with Crippen molar-refractivity contribution < 1.29 is 0 Å². The van der Waals surface area contributed by atoms with Gasteiger partial charge in [0.25, 0.3) is 0 Å². The van der Waals surface area contributed by atoms with Gasteiger partial charge in [0.15, 0.2) is 0 Å². The molecule has 4 heteroatoms. The average molecular weight is 209 g/mol. The highest BCUT2D eigenvalue weighted by atomic mass is 79.9. The van der Waals surface area contributed by atoms with Crippen molar-refractivity contribution in [3.63, 3.8) is 0 Å². The smallest absolute Gasteiger partial charge is 0.0644 e. The van der Waals surface area contributed by atoms with Crippen LogP contribution in [0.5, 0.6) is 0 Å². The molecule has 1 rings (SSSR count). The number of halogens is 2. The first-order valence-electron chi connectivity index (χ1n) is 2.15. The third kappa shape index (κ3) is 2.20. The number of nitrogens with two attached hydrogens (primary N) is 1.